The smallest absolute Gasteiger partial charge is 0.263 e. The number of ether oxygens (including phenoxy) is 2. The monoisotopic (exact) mass is 444 g/mol. The van der Waals surface area contributed by atoms with E-state index in [1.807, 2.05) is 32.0 Å². The van der Waals surface area contributed by atoms with Gasteiger partial charge in [-0.05, 0) is 81.1 Å². The van der Waals surface area contributed by atoms with Crippen LogP contribution in [0.15, 0.2) is 42.5 Å². The Kier molecular flexibility index (Phi) is 7.80. The summed E-state index contributed by atoms with van der Waals surface area (Å²) in [5.74, 6) is 1.09. The minimum absolute atomic E-state index is 0.0202. The highest BCUT2D eigenvalue weighted by Gasteiger charge is 2.27. The first kappa shape index (κ1) is 22.9. The molecule has 1 saturated heterocycles. The van der Waals surface area contributed by atoms with E-state index in [2.05, 4.69) is 5.32 Å². The van der Waals surface area contributed by atoms with Crippen molar-refractivity contribution >= 4 is 23.4 Å². The van der Waals surface area contributed by atoms with Crippen molar-refractivity contribution < 1.29 is 19.1 Å². The van der Waals surface area contributed by atoms with E-state index < -0.39 is 6.10 Å². The number of likely N-dealkylation sites (tertiary alicyclic amines) is 1. The maximum Gasteiger partial charge on any atom is 0.263 e. The molecule has 1 aliphatic heterocycles. The van der Waals surface area contributed by atoms with Gasteiger partial charge in [0, 0.05) is 24.2 Å². The lowest BCUT2D eigenvalue weighted by Gasteiger charge is -2.33. The molecule has 1 heterocycles. The van der Waals surface area contributed by atoms with Crippen LogP contribution in [0.5, 0.6) is 11.5 Å². The second kappa shape index (κ2) is 10.5. The molecule has 7 heteroatoms. The summed E-state index contributed by atoms with van der Waals surface area (Å²) in [6, 6.07) is 12.8. The van der Waals surface area contributed by atoms with Crippen molar-refractivity contribution in [3.05, 3.63) is 58.6 Å². The van der Waals surface area contributed by atoms with Crippen molar-refractivity contribution in [1.29, 1.82) is 0 Å². The van der Waals surface area contributed by atoms with Crippen molar-refractivity contribution in [1.82, 2.24) is 10.2 Å². The summed E-state index contributed by atoms with van der Waals surface area (Å²) in [6.07, 6.45) is 0.822. The maximum absolute atomic E-state index is 12.7. The Morgan fingerprint density at radius 1 is 1.06 bits per heavy atom. The van der Waals surface area contributed by atoms with Crippen LogP contribution in [0.4, 0.5) is 0 Å². The highest BCUT2D eigenvalue weighted by molar-refractivity contribution is 6.30. The topological polar surface area (TPSA) is 67.9 Å². The number of amides is 2. The van der Waals surface area contributed by atoms with Crippen molar-refractivity contribution in [2.75, 3.05) is 19.7 Å². The second-order valence-corrected chi connectivity index (χ2v) is 8.35. The van der Waals surface area contributed by atoms with E-state index in [0.717, 1.165) is 5.56 Å². The van der Waals surface area contributed by atoms with E-state index in [1.54, 1.807) is 36.1 Å². The minimum Gasteiger partial charge on any atom is -0.484 e. The second-order valence-electron chi connectivity index (χ2n) is 7.92. The Bertz CT molecular complexity index is 908. The molecule has 166 valence electrons. The molecule has 0 saturated carbocycles. The predicted molar refractivity (Wildman–Crippen MR) is 121 cm³/mol. The maximum atomic E-state index is 12.7. The van der Waals surface area contributed by atoms with Crippen molar-refractivity contribution in [2.45, 2.75) is 45.8 Å². The summed E-state index contributed by atoms with van der Waals surface area (Å²) in [5.41, 5.74) is 2.32. The van der Waals surface area contributed by atoms with E-state index in [9.17, 15) is 9.59 Å². The lowest BCUT2D eigenvalue weighted by Crippen LogP contribution is -2.50. The number of carbonyl (C=O) groups is 2. The van der Waals surface area contributed by atoms with Crippen LogP contribution < -0.4 is 14.8 Å². The van der Waals surface area contributed by atoms with Crippen molar-refractivity contribution in [3.63, 3.8) is 0 Å². The van der Waals surface area contributed by atoms with Crippen LogP contribution in [0.3, 0.4) is 0 Å². The van der Waals surface area contributed by atoms with E-state index in [0.29, 0.717) is 42.5 Å². The van der Waals surface area contributed by atoms with Gasteiger partial charge in [-0.3, -0.25) is 9.59 Å². The van der Waals surface area contributed by atoms with Gasteiger partial charge in [-0.15, -0.1) is 0 Å². The molecule has 0 aromatic heterocycles. The van der Waals surface area contributed by atoms with Gasteiger partial charge in [-0.25, -0.2) is 0 Å². The summed E-state index contributed by atoms with van der Waals surface area (Å²) in [4.78, 5) is 26.7. The average Bonchev–Trinajstić information content (AvgIpc) is 2.76. The molecular formula is C24H29ClN2O4. The van der Waals surface area contributed by atoms with Gasteiger partial charge in [0.25, 0.3) is 11.8 Å². The fraction of sp³-hybridized carbons (Fsp3) is 0.417. The van der Waals surface area contributed by atoms with Crippen LogP contribution in [0, 0.1) is 13.8 Å². The number of aryl methyl sites for hydroxylation is 2. The third kappa shape index (κ3) is 6.62. The zero-order valence-corrected chi connectivity index (χ0v) is 18.9. The zero-order valence-electron chi connectivity index (χ0n) is 18.2. The highest BCUT2D eigenvalue weighted by atomic mass is 35.5. The molecule has 1 unspecified atom stereocenters. The molecule has 1 fully saturated rings. The van der Waals surface area contributed by atoms with Crippen LogP contribution in [0.2, 0.25) is 5.02 Å². The summed E-state index contributed by atoms with van der Waals surface area (Å²) in [6.45, 7) is 6.93. The number of carbonyl (C=O) groups excluding carboxylic acids is 2. The molecular weight excluding hydrogens is 416 g/mol. The summed E-state index contributed by atoms with van der Waals surface area (Å²) in [5, 5.41) is 3.62. The van der Waals surface area contributed by atoms with Crippen LogP contribution >= 0.6 is 11.6 Å². The van der Waals surface area contributed by atoms with Gasteiger partial charge in [-0.1, -0.05) is 17.7 Å². The SMILES string of the molecule is Cc1ccc(OCC(=O)NC2CCN(C(=O)C(C)Oc3ccc(Cl)cc3)CC2)cc1C. The molecule has 0 aliphatic carbocycles. The number of benzene rings is 2. The number of rotatable bonds is 7. The van der Waals surface area contributed by atoms with Gasteiger partial charge in [-0.2, -0.15) is 0 Å². The Morgan fingerprint density at radius 3 is 2.35 bits per heavy atom. The Labute approximate surface area is 188 Å². The molecule has 0 radical (unpaired) electrons. The van der Waals surface area contributed by atoms with Gasteiger partial charge in [0.1, 0.15) is 11.5 Å². The van der Waals surface area contributed by atoms with Crippen LogP contribution in [0.1, 0.15) is 30.9 Å². The molecule has 2 amide bonds. The Balaban J connectivity index is 1.40. The van der Waals surface area contributed by atoms with Gasteiger partial charge >= 0.3 is 0 Å². The van der Waals surface area contributed by atoms with E-state index in [4.69, 9.17) is 21.1 Å². The molecule has 31 heavy (non-hydrogen) atoms. The molecule has 0 bridgehead atoms. The van der Waals surface area contributed by atoms with Crippen LogP contribution in [-0.2, 0) is 9.59 Å². The van der Waals surface area contributed by atoms with Crippen LogP contribution in [0.25, 0.3) is 0 Å². The third-order valence-electron chi connectivity index (χ3n) is 5.49. The number of nitrogens with zero attached hydrogens (tertiary/aromatic N) is 1. The number of halogens is 1. The lowest BCUT2D eigenvalue weighted by molar-refractivity contribution is -0.139. The van der Waals surface area contributed by atoms with Crippen molar-refractivity contribution in [2.24, 2.45) is 0 Å². The van der Waals surface area contributed by atoms with Gasteiger partial charge in [0.05, 0.1) is 0 Å². The molecule has 3 rings (SSSR count). The standard InChI is InChI=1S/C24H29ClN2O4/c1-16-4-7-22(14-17(16)2)30-15-23(28)26-20-10-12-27(13-11-20)24(29)18(3)31-21-8-5-19(25)6-9-21/h4-9,14,18,20H,10-13,15H2,1-3H3,(H,26,28). The fourth-order valence-corrected chi connectivity index (χ4v) is 3.62. The normalized spacial score (nSPS) is 15.3. The first-order chi connectivity index (χ1) is 14.8. The number of piperidine rings is 1. The van der Waals surface area contributed by atoms with Crippen LogP contribution in [-0.4, -0.2) is 48.6 Å². The third-order valence-corrected chi connectivity index (χ3v) is 5.75. The Morgan fingerprint density at radius 2 is 1.71 bits per heavy atom. The first-order valence-corrected chi connectivity index (χ1v) is 10.9. The molecule has 1 aliphatic rings. The number of hydrogen-bond donors (Lipinski definition) is 1. The Hall–Kier alpha value is -2.73. The first-order valence-electron chi connectivity index (χ1n) is 10.5. The fourth-order valence-electron chi connectivity index (χ4n) is 3.49. The molecule has 0 spiro atoms. The average molecular weight is 445 g/mol. The number of hydrogen-bond acceptors (Lipinski definition) is 4. The lowest BCUT2D eigenvalue weighted by atomic mass is 10.0. The van der Waals surface area contributed by atoms with Crippen molar-refractivity contribution in [3.8, 4) is 11.5 Å². The van der Waals surface area contributed by atoms with Gasteiger partial charge in [0.2, 0.25) is 0 Å². The largest absolute Gasteiger partial charge is 0.484 e. The molecule has 1 N–H and O–H groups in total. The van der Waals surface area contributed by atoms with Gasteiger partial charge in [0.15, 0.2) is 12.7 Å². The predicted octanol–water partition coefficient (Wildman–Crippen LogP) is 3.91. The molecule has 2 aromatic carbocycles. The summed E-state index contributed by atoms with van der Waals surface area (Å²) >= 11 is 5.88. The quantitative estimate of drug-likeness (QED) is 0.703. The highest BCUT2D eigenvalue weighted by Crippen LogP contribution is 2.19. The zero-order chi connectivity index (χ0) is 22.4. The number of nitrogens with one attached hydrogen (secondary N) is 1. The van der Waals surface area contributed by atoms with E-state index in [-0.39, 0.29) is 24.5 Å². The molecule has 6 nitrogen and oxygen atoms in total. The van der Waals surface area contributed by atoms with E-state index in [1.165, 1.54) is 5.56 Å². The summed E-state index contributed by atoms with van der Waals surface area (Å²) in [7, 11) is 0. The minimum atomic E-state index is -0.585. The van der Waals surface area contributed by atoms with Gasteiger partial charge < -0.3 is 19.7 Å². The molecule has 2 aromatic rings. The summed E-state index contributed by atoms with van der Waals surface area (Å²) < 4.78 is 11.3. The molecule has 1 atom stereocenters. The van der Waals surface area contributed by atoms with E-state index >= 15 is 0 Å².